The van der Waals surface area contributed by atoms with Crippen LogP contribution in [0.3, 0.4) is 0 Å². The molecule has 5 heteroatoms. The lowest BCUT2D eigenvalue weighted by Crippen LogP contribution is -2.26. The summed E-state index contributed by atoms with van der Waals surface area (Å²) in [4.78, 5) is 33.6. The zero-order valence-electron chi connectivity index (χ0n) is 11.7. The molecule has 20 heavy (non-hydrogen) atoms. The third kappa shape index (κ3) is 5.22. The smallest absolute Gasteiger partial charge is 0.305 e. The second-order valence-electron chi connectivity index (χ2n) is 4.72. The number of benzene rings is 1. The van der Waals surface area contributed by atoms with Crippen LogP contribution in [0.15, 0.2) is 18.2 Å². The molecule has 0 aliphatic carbocycles. The zero-order valence-corrected chi connectivity index (χ0v) is 11.7. The predicted molar refractivity (Wildman–Crippen MR) is 74.7 cm³/mol. The van der Waals surface area contributed by atoms with Gasteiger partial charge in [0.15, 0.2) is 5.78 Å². The Hall–Kier alpha value is -2.17. The summed E-state index contributed by atoms with van der Waals surface area (Å²) in [5.41, 5.74) is 2.76. The topological polar surface area (TPSA) is 83.5 Å². The fourth-order valence-electron chi connectivity index (χ4n) is 1.68. The van der Waals surface area contributed by atoms with E-state index in [1.54, 1.807) is 6.07 Å². The van der Waals surface area contributed by atoms with E-state index in [1.165, 1.54) is 0 Å². The summed E-state index contributed by atoms with van der Waals surface area (Å²) in [5, 5.41) is 10.9. The Morgan fingerprint density at radius 1 is 1.05 bits per heavy atom. The molecule has 0 spiro atoms. The van der Waals surface area contributed by atoms with Crippen LogP contribution in [-0.2, 0) is 9.59 Å². The lowest BCUT2D eigenvalue weighted by molar-refractivity contribution is -0.136. The molecule has 1 aromatic rings. The van der Waals surface area contributed by atoms with E-state index in [2.05, 4.69) is 5.32 Å². The van der Waals surface area contributed by atoms with Crippen molar-refractivity contribution >= 4 is 17.7 Å². The summed E-state index contributed by atoms with van der Waals surface area (Å²) in [6, 6.07) is 5.46. The highest BCUT2D eigenvalue weighted by atomic mass is 16.4. The first-order valence-corrected chi connectivity index (χ1v) is 6.49. The van der Waals surface area contributed by atoms with Gasteiger partial charge < -0.3 is 10.4 Å². The first-order valence-electron chi connectivity index (χ1n) is 6.49. The third-order valence-corrected chi connectivity index (χ3v) is 3.07. The number of nitrogens with one attached hydrogen (secondary N) is 1. The first kappa shape index (κ1) is 15.9. The molecule has 0 radical (unpaired) electrons. The number of rotatable bonds is 7. The molecule has 0 heterocycles. The molecular weight excluding hydrogens is 258 g/mol. The standard InChI is InChI=1S/C15H19NO4/c1-10-3-4-12(9-11(10)2)13(17)5-6-14(18)16-8-7-15(19)20/h3-4,9H,5-8H2,1-2H3,(H,16,18)(H,19,20). The maximum absolute atomic E-state index is 11.9. The van der Waals surface area contributed by atoms with Gasteiger partial charge >= 0.3 is 5.97 Å². The summed E-state index contributed by atoms with van der Waals surface area (Å²) >= 11 is 0. The Balaban J connectivity index is 2.41. The molecule has 5 nitrogen and oxygen atoms in total. The van der Waals surface area contributed by atoms with E-state index in [-0.39, 0.29) is 37.5 Å². The summed E-state index contributed by atoms with van der Waals surface area (Å²) in [5.74, 6) is -1.35. The van der Waals surface area contributed by atoms with E-state index in [0.29, 0.717) is 5.56 Å². The van der Waals surface area contributed by atoms with Crippen molar-refractivity contribution < 1.29 is 19.5 Å². The number of ketones is 1. The molecule has 0 bridgehead atoms. The normalized spacial score (nSPS) is 10.1. The number of carbonyl (C=O) groups excluding carboxylic acids is 2. The van der Waals surface area contributed by atoms with Gasteiger partial charge in [0.1, 0.15) is 0 Å². The van der Waals surface area contributed by atoms with Gasteiger partial charge in [-0.25, -0.2) is 0 Å². The number of hydrogen-bond acceptors (Lipinski definition) is 3. The molecule has 1 rings (SSSR count). The fourth-order valence-corrected chi connectivity index (χ4v) is 1.68. The van der Waals surface area contributed by atoms with Gasteiger partial charge in [0.2, 0.25) is 5.91 Å². The SMILES string of the molecule is Cc1ccc(C(=O)CCC(=O)NCCC(=O)O)cc1C. The van der Waals surface area contributed by atoms with Crippen LogP contribution in [0.2, 0.25) is 0 Å². The lowest BCUT2D eigenvalue weighted by Gasteiger charge is -2.05. The quantitative estimate of drug-likeness (QED) is 0.745. The second kappa shape index (κ2) is 7.43. The predicted octanol–water partition coefficient (Wildman–Crippen LogP) is 1.86. The van der Waals surface area contributed by atoms with Crippen LogP contribution >= 0.6 is 0 Å². The Labute approximate surface area is 118 Å². The maximum Gasteiger partial charge on any atom is 0.305 e. The summed E-state index contributed by atoms with van der Waals surface area (Å²) in [7, 11) is 0. The average Bonchev–Trinajstić information content (AvgIpc) is 2.38. The third-order valence-electron chi connectivity index (χ3n) is 3.07. The number of hydrogen-bond donors (Lipinski definition) is 2. The highest BCUT2D eigenvalue weighted by molar-refractivity contribution is 5.98. The van der Waals surface area contributed by atoms with Gasteiger partial charge in [-0.15, -0.1) is 0 Å². The Kier molecular flexibility index (Phi) is 5.90. The van der Waals surface area contributed by atoms with Crippen molar-refractivity contribution in [2.45, 2.75) is 33.1 Å². The van der Waals surface area contributed by atoms with E-state index in [4.69, 9.17) is 5.11 Å². The number of amides is 1. The van der Waals surface area contributed by atoms with E-state index in [9.17, 15) is 14.4 Å². The van der Waals surface area contributed by atoms with Crippen LogP contribution in [0.25, 0.3) is 0 Å². The van der Waals surface area contributed by atoms with Gasteiger partial charge in [0.25, 0.3) is 0 Å². The van der Waals surface area contributed by atoms with Crippen molar-refractivity contribution in [3.05, 3.63) is 34.9 Å². The number of carbonyl (C=O) groups is 3. The van der Waals surface area contributed by atoms with E-state index >= 15 is 0 Å². The monoisotopic (exact) mass is 277 g/mol. The maximum atomic E-state index is 11.9. The van der Waals surface area contributed by atoms with Gasteiger partial charge in [-0.05, 0) is 31.0 Å². The minimum absolute atomic E-state index is 0.0748. The van der Waals surface area contributed by atoms with Crippen molar-refractivity contribution in [2.75, 3.05) is 6.54 Å². The number of Topliss-reactive ketones (excluding diaryl/α,β-unsaturated/α-hetero) is 1. The first-order chi connectivity index (χ1) is 9.40. The molecule has 1 amide bonds. The summed E-state index contributed by atoms with van der Waals surface area (Å²) < 4.78 is 0. The molecule has 0 unspecified atom stereocenters. The van der Waals surface area contributed by atoms with Crippen LogP contribution in [0.4, 0.5) is 0 Å². The van der Waals surface area contributed by atoms with Gasteiger partial charge in [-0.1, -0.05) is 12.1 Å². The highest BCUT2D eigenvalue weighted by Crippen LogP contribution is 2.12. The average molecular weight is 277 g/mol. The van der Waals surface area contributed by atoms with E-state index in [0.717, 1.165) is 11.1 Å². The molecule has 0 saturated carbocycles. The van der Waals surface area contributed by atoms with Crippen molar-refractivity contribution in [2.24, 2.45) is 0 Å². The minimum Gasteiger partial charge on any atom is -0.481 e. The van der Waals surface area contributed by atoms with E-state index < -0.39 is 5.97 Å². The second-order valence-corrected chi connectivity index (χ2v) is 4.72. The van der Waals surface area contributed by atoms with Gasteiger partial charge in [-0.3, -0.25) is 14.4 Å². The van der Waals surface area contributed by atoms with Gasteiger partial charge in [0.05, 0.1) is 6.42 Å². The molecule has 0 saturated heterocycles. The van der Waals surface area contributed by atoms with Crippen molar-refractivity contribution in [1.29, 1.82) is 0 Å². The Morgan fingerprint density at radius 3 is 2.35 bits per heavy atom. The summed E-state index contributed by atoms with van der Waals surface area (Å²) in [6.07, 6.45) is 0.0869. The fraction of sp³-hybridized carbons (Fsp3) is 0.400. The molecule has 0 aliphatic heterocycles. The molecule has 0 aromatic heterocycles. The number of aryl methyl sites for hydroxylation is 2. The Morgan fingerprint density at radius 2 is 1.75 bits per heavy atom. The van der Waals surface area contributed by atoms with Crippen LogP contribution in [-0.4, -0.2) is 29.3 Å². The zero-order chi connectivity index (χ0) is 15.1. The Bertz CT molecular complexity index is 523. The molecule has 2 N–H and O–H groups in total. The van der Waals surface area contributed by atoms with Gasteiger partial charge in [-0.2, -0.15) is 0 Å². The van der Waals surface area contributed by atoms with Gasteiger partial charge in [0, 0.05) is 24.9 Å². The number of carboxylic acids is 1. The molecule has 0 atom stereocenters. The van der Waals surface area contributed by atoms with Crippen molar-refractivity contribution in [3.8, 4) is 0 Å². The van der Waals surface area contributed by atoms with Crippen LogP contribution in [0.1, 0.15) is 40.7 Å². The van der Waals surface area contributed by atoms with Crippen molar-refractivity contribution in [1.82, 2.24) is 5.32 Å². The number of aliphatic carboxylic acids is 1. The summed E-state index contributed by atoms with van der Waals surface area (Å²) in [6.45, 7) is 4.00. The molecule has 1 aromatic carbocycles. The largest absolute Gasteiger partial charge is 0.481 e. The lowest BCUT2D eigenvalue weighted by atomic mass is 10.0. The number of carboxylic acid groups (broad SMARTS) is 1. The minimum atomic E-state index is -0.962. The molecule has 0 fully saturated rings. The molecular formula is C15H19NO4. The van der Waals surface area contributed by atoms with Crippen LogP contribution < -0.4 is 5.32 Å². The van der Waals surface area contributed by atoms with Crippen LogP contribution in [0, 0.1) is 13.8 Å². The van der Waals surface area contributed by atoms with E-state index in [1.807, 2.05) is 26.0 Å². The van der Waals surface area contributed by atoms with Crippen LogP contribution in [0.5, 0.6) is 0 Å². The molecule has 108 valence electrons. The highest BCUT2D eigenvalue weighted by Gasteiger charge is 2.10. The van der Waals surface area contributed by atoms with Crippen molar-refractivity contribution in [3.63, 3.8) is 0 Å². The molecule has 0 aliphatic rings.